The summed E-state index contributed by atoms with van der Waals surface area (Å²) in [5, 5.41) is 4.28. The zero-order valence-corrected chi connectivity index (χ0v) is 16.9. The molecular formula is C15H30IN3OS. The summed E-state index contributed by atoms with van der Waals surface area (Å²) in [5.41, 5.74) is 0.262. The lowest BCUT2D eigenvalue weighted by atomic mass is 9.90. The highest BCUT2D eigenvalue weighted by Gasteiger charge is 2.31. The molecule has 0 aromatic carbocycles. The van der Waals surface area contributed by atoms with Crippen LogP contribution in [0.15, 0.2) is 4.99 Å². The summed E-state index contributed by atoms with van der Waals surface area (Å²) in [6, 6.07) is 0. The van der Waals surface area contributed by atoms with E-state index < -0.39 is 0 Å². The molecule has 21 heavy (non-hydrogen) atoms. The number of hydrogen-bond donors (Lipinski definition) is 1. The maximum absolute atomic E-state index is 5.52. The number of nitrogens with zero attached hydrogens (tertiary/aromatic N) is 2. The molecule has 4 nitrogen and oxygen atoms in total. The van der Waals surface area contributed by atoms with E-state index in [2.05, 4.69) is 47.7 Å². The van der Waals surface area contributed by atoms with Crippen LogP contribution in [0.25, 0.3) is 0 Å². The van der Waals surface area contributed by atoms with Crippen LogP contribution in [0.5, 0.6) is 0 Å². The van der Waals surface area contributed by atoms with E-state index in [0.717, 1.165) is 51.1 Å². The number of ether oxygens (including phenoxy) is 1. The van der Waals surface area contributed by atoms with Crippen molar-refractivity contribution in [3.63, 3.8) is 0 Å². The summed E-state index contributed by atoms with van der Waals surface area (Å²) in [4.78, 5) is 6.90. The van der Waals surface area contributed by atoms with Gasteiger partial charge in [0.2, 0.25) is 0 Å². The predicted octanol–water partition coefficient (Wildman–Crippen LogP) is 2.68. The van der Waals surface area contributed by atoms with Gasteiger partial charge in [-0.1, -0.05) is 20.8 Å². The quantitative estimate of drug-likeness (QED) is 0.427. The van der Waals surface area contributed by atoms with Gasteiger partial charge in [-0.3, -0.25) is 4.99 Å². The van der Waals surface area contributed by atoms with Gasteiger partial charge < -0.3 is 15.0 Å². The molecule has 2 aliphatic rings. The van der Waals surface area contributed by atoms with Gasteiger partial charge in [-0.25, -0.2) is 0 Å². The largest absolute Gasteiger partial charge is 0.381 e. The van der Waals surface area contributed by atoms with Gasteiger partial charge in [0.05, 0.1) is 6.61 Å². The molecule has 6 heteroatoms. The predicted molar refractivity (Wildman–Crippen MR) is 103 cm³/mol. The Kier molecular flexibility index (Phi) is 8.13. The third-order valence-corrected chi connectivity index (χ3v) is 5.86. The number of thioether (sulfide) groups is 1. The fraction of sp³-hybridized carbons (Fsp3) is 0.933. The molecule has 2 atom stereocenters. The molecule has 0 bridgehead atoms. The molecule has 0 aliphatic carbocycles. The van der Waals surface area contributed by atoms with Gasteiger partial charge in [-0.2, -0.15) is 11.8 Å². The highest BCUT2D eigenvalue weighted by Crippen LogP contribution is 2.27. The van der Waals surface area contributed by atoms with E-state index in [0.29, 0.717) is 5.25 Å². The molecular weight excluding hydrogens is 397 g/mol. The van der Waals surface area contributed by atoms with Crippen LogP contribution >= 0.6 is 35.7 Å². The van der Waals surface area contributed by atoms with E-state index in [4.69, 9.17) is 4.74 Å². The maximum Gasteiger partial charge on any atom is 0.193 e. The standard InChI is InChI=1S/C15H29N3OS.HI/c1-12(2)13-9-18(6-8-20-13)14(16-4)17-10-15(3)5-7-19-11-15;/h12-13H,5-11H2,1-4H3,(H,16,17);1H. The van der Waals surface area contributed by atoms with Crippen molar-refractivity contribution in [2.75, 3.05) is 45.6 Å². The van der Waals surface area contributed by atoms with Gasteiger partial charge in [0.25, 0.3) is 0 Å². The summed E-state index contributed by atoms with van der Waals surface area (Å²) in [5.74, 6) is 2.98. The molecule has 0 aromatic rings. The Bertz CT molecular complexity index is 346. The van der Waals surface area contributed by atoms with Crippen LogP contribution < -0.4 is 5.32 Å². The third-order valence-electron chi connectivity index (χ3n) is 4.32. The SMILES string of the molecule is CN=C(NCC1(C)CCOC1)N1CCSC(C(C)C)C1.I. The van der Waals surface area contributed by atoms with Crippen molar-refractivity contribution in [3.8, 4) is 0 Å². The van der Waals surface area contributed by atoms with Crippen molar-refractivity contribution < 1.29 is 4.74 Å². The highest BCUT2D eigenvalue weighted by molar-refractivity contribution is 14.0. The van der Waals surface area contributed by atoms with Crippen molar-refractivity contribution >= 4 is 41.7 Å². The molecule has 2 aliphatic heterocycles. The Hall–Kier alpha value is 0.310. The van der Waals surface area contributed by atoms with Gasteiger partial charge in [0, 0.05) is 49.7 Å². The van der Waals surface area contributed by atoms with Crippen LogP contribution in [0.2, 0.25) is 0 Å². The summed E-state index contributed by atoms with van der Waals surface area (Å²) in [6.45, 7) is 11.8. The van der Waals surface area contributed by atoms with Crippen LogP contribution in [0.3, 0.4) is 0 Å². The minimum atomic E-state index is 0. The molecule has 2 rings (SSSR count). The Morgan fingerprint density at radius 2 is 2.29 bits per heavy atom. The topological polar surface area (TPSA) is 36.9 Å². The number of nitrogens with one attached hydrogen (secondary N) is 1. The normalized spacial score (nSPS) is 30.4. The van der Waals surface area contributed by atoms with Crippen molar-refractivity contribution in [2.45, 2.75) is 32.4 Å². The smallest absolute Gasteiger partial charge is 0.193 e. The van der Waals surface area contributed by atoms with E-state index in [1.807, 2.05) is 7.05 Å². The van der Waals surface area contributed by atoms with Crippen molar-refractivity contribution in [3.05, 3.63) is 0 Å². The maximum atomic E-state index is 5.52. The summed E-state index contributed by atoms with van der Waals surface area (Å²) < 4.78 is 5.52. The Balaban J connectivity index is 0.00000220. The van der Waals surface area contributed by atoms with E-state index in [-0.39, 0.29) is 29.4 Å². The van der Waals surface area contributed by atoms with E-state index in [1.165, 1.54) is 5.75 Å². The van der Waals surface area contributed by atoms with Crippen LogP contribution in [0.4, 0.5) is 0 Å². The lowest BCUT2D eigenvalue weighted by molar-refractivity contribution is 0.160. The fourth-order valence-corrected chi connectivity index (χ4v) is 4.04. The van der Waals surface area contributed by atoms with Crippen LogP contribution in [0.1, 0.15) is 27.2 Å². The van der Waals surface area contributed by atoms with Crippen molar-refractivity contribution in [1.29, 1.82) is 0 Å². The summed E-state index contributed by atoms with van der Waals surface area (Å²) in [6.07, 6.45) is 1.14. The number of aliphatic imine (C=N–C) groups is 1. The molecule has 0 spiro atoms. The zero-order valence-electron chi connectivity index (χ0n) is 13.7. The lowest BCUT2D eigenvalue weighted by Crippen LogP contribution is -2.51. The average molecular weight is 427 g/mol. The van der Waals surface area contributed by atoms with Gasteiger partial charge in [-0.05, 0) is 12.3 Å². The third kappa shape index (κ3) is 5.46. The Morgan fingerprint density at radius 1 is 1.52 bits per heavy atom. The molecule has 2 saturated heterocycles. The van der Waals surface area contributed by atoms with Crippen LogP contribution in [-0.4, -0.2) is 61.8 Å². The van der Waals surface area contributed by atoms with Gasteiger partial charge in [0.15, 0.2) is 5.96 Å². The second-order valence-electron chi connectivity index (χ2n) is 6.61. The number of guanidine groups is 1. The molecule has 2 heterocycles. The van der Waals surface area contributed by atoms with E-state index in [9.17, 15) is 0 Å². The second-order valence-corrected chi connectivity index (χ2v) is 7.96. The molecule has 0 radical (unpaired) electrons. The average Bonchev–Trinajstić information content (AvgIpc) is 2.87. The van der Waals surface area contributed by atoms with Gasteiger partial charge in [-0.15, -0.1) is 24.0 Å². The number of hydrogen-bond acceptors (Lipinski definition) is 3. The molecule has 2 fully saturated rings. The molecule has 0 amide bonds. The molecule has 1 N–H and O–H groups in total. The molecule has 124 valence electrons. The zero-order chi connectivity index (χ0) is 14.6. The second kappa shape index (κ2) is 8.82. The Labute approximate surface area is 150 Å². The van der Waals surface area contributed by atoms with Gasteiger partial charge >= 0.3 is 0 Å². The fourth-order valence-electron chi connectivity index (χ4n) is 2.74. The minimum absolute atomic E-state index is 0. The van der Waals surface area contributed by atoms with Crippen molar-refractivity contribution in [2.24, 2.45) is 16.3 Å². The molecule has 0 saturated carbocycles. The van der Waals surface area contributed by atoms with E-state index >= 15 is 0 Å². The van der Waals surface area contributed by atoms with Crippen molar-refractivity contribution in [1.82, 2.24) is 10.2 Å². The first-order valence-corrected chi connectivity index (χ1v) is 8.74. The van der Waals surface area contributed by atoms with E-state index in [1.54, 1.807) is 0 Å². The monoisotopic (exact) mass is 427 g/mol. The first-order chi connectivity index (χ1) is 9.54. The van der Waals surface area contributed by atoms with Crippen LogP contribution in [0, 0.1) is 11.3 Å². The lowest BCUT2D eigenvalue weighted by Gasteiger charge is -2.37. The molecule has 0 aromatic heterocycles. The first-order valence-electron chi connectivity index (χ1n) is 7.69. The van der Waals surface area contributed by atoms with Crippen LogP contribution in [-0.2, 0) is 4.74 Å². The summed E-state index contributed by atoms with van der Waals surface area (Å²) in [7, 11) is 1.89. The number of rotatable bonds is 3. The number of halogens is 1. The minimum Gasteiger partial charge on any atom is -0.381 e. The summed E-state index contributed by atoms with van der Waals surface area (Å²) >= 11 is 2.10. The highest BCUT2D eigenvalue weighted by atomic mass is 127. The van der Waals surface area contributed by atoms with Gasteiger partial charge in [0.1, 0.15) is 0 Å². The first kappa shape index (κ1) is 19.4. The Morgan fingerprint density at radius 3 is 2.86 bits per heavy atom. The molecule has 2 unspecified atom stereocenters.